The van der Waals surface area contributed by atoms with Gasteiger partial charge in [-0.3, -0.25) is 4.90 Å². The molecule has 2 N–H and O–H groups in total. The molecule has 3 aromatic rings. The van der Waals surface area contributed by atoms with Crippen LogP contribution in [0.2, 0.25) is 5.02 Å². The van der Waals surface area contributed by atoms with Crippen LogP contribution in [0.5, 0.6) is 0 Å². The molecule has 1 atom stereocenters. The van der Waals surface area contributed by atoms with Gasteiger partial charge in [-0.15, -0.1) is 0 Å². The Bertz CT molecular complexity index is 978. The van der Waals surface area contributed by atoms with E-state index in [2.05, 4.69) is 64.1 Å². The van der Waals surface area contributed by atoms with Crippen molar-refractivity contribution in [2.75, 3.05) is 31.6 Å². The largest absolute Gasteiger partial charge is 0.374 e. The molecule has 1 saturated heterocycles. The average Bonchev–Trinajstić information content (AvgIpc) is 2.81. The Morgan fingerprint density at radius 3 is 2.42 bits per heavy atom. The van der Waals surface area contributed by atoms with Gasteiger partial charge in [0.15, 0.2) is 0 Å². The molecule has 0 spiro atoms. The summed E-state index contributed by atoms with van der Waals surface area (Å²) in [6, 6.07) is 25.9. The molecule has 1 aliphatic heterocycles. The van der Waals surface area contributed by atoms with Crippen molar-refractivity contribution < 1.29 is 9.53 Å². The van der Waals surface area contributed by atoms with Gasteiger partial charge in [0.25, 0.3) is 0 Å². The van der Waals surface area contributed by atoms with E-state index in [1.54, 1.807) is 24.3 Å². The van der Waals surface area contributed by atoms with Crippen molar-refractivity contribution in [2.24, 2.45) is 0 Å². The van der Waals surface area contributed by atoms with Gasteiger partial charge in [0, 0.05) is 36.9 Å². The van der Waals surface area contributed by atoms with Gasteiger partial charge in [-0.25, -0.2) is 4.79 Å². The van der Waals surface area contributed by atoms with Crippen LogP contribution in [0.4, 0.5) is 10.5 Å². The smallest absolute Gasteiger partial charge is 0.319 e. The molecule has 0 aliphatic carbocycles. The van der Waals surface area contributed by atoms with Crippen molar-refractivity contribution in [3.63, 3.8) is 0 Å². The summed E-state index contributed by atoms with van der Waals surface area (Å²) in [6.45, 7) is 3.65. The third-order valence-corrected chi connectivity index (χ3v) is 5.53. The summed E-state index contributed by atoms with van der Waals surface area (Å²) < 4.78 is 5.84. The first-order valence-electron chi connectivity index (χ1n) is 10.4. The molecule has 1 heterocycles. The highest BCUT2D eigenvalue weighted by molar-refractivity contribution is 6.30. The van der Waals surface area contributed by atoms with Crippen LogP contribution in [0.25, 0.3) is 11.1 Å². The van der Waals surface area contributed by atoms with E-state index in [9.17, 15) is 4.79 Å². The molecule has 1 aliphatic rings. The number of ether oxygens (including phenoxy) is 1. The number of benzene rings is 3. The lowest BCUT2D eigenvalue weighted by Crippen LogP contribution is -2.47. The molecule has 5 nitrogen and oxygen atoms in total. The predicted molar refractivity (Wildman–Crippen MR) is 125 cm³/mol. The average molecular weight is 436 g/mol. The molecule has 3 aromatic carbocycles. The third-order valence-electron chi connectivity index (χ3n) is 5.28. The Kier molecular flexibility index (Phi) is 7.20. The van der Waals surface area contributed by atoms with Crippen LogP contribution in [0, 0.1) is 0 Å². The molecular formula is C25H26ClN3O2. The fourth-order valence-electron chi connectivity index (χ4n) is 3.65. The number of hydrogen-bond donors (Lipinski definition) is 2. The Morgan fingerprint density at radius 2 is 1.68 bits per heavy atom. The van der Waals surface area contributed by atoms with E-state index in [1.165, 1.54) is 16.7 Å². The number of morpholine rings is 1. The van der Waals surface area contributed by atoms with Crippen molar-refractivity contribution in [1.82, 2.24) is 10.2 Å². The van der Waals surface area contributed by atoms with Crippen molar-refractivity contribution in [2.45, 2.75) is 12.6 Å². The summed E-state index contributed by atoms with van der Waals surface area (Å²) in [7, 11) is 0. The third kappa shape index (κ3) is 6.31. The molecule has 6 heteroatoms. The molecule has 1 unspecified atom stereocenters. The SMILES string of the molecule is O=C(NCC1CN(Cc2ccc(-c3ccccc3)cc2)CCO1)Nc1ccc(Cl)cc1. The second-order valence-electron chi connectivity index (χ2n) is 7.63. The summed E-state index contributed by atoms with van der Waals surface area (Å²) >= 11 is 5.87. The van der Waals surface area contributed by atoms with E-state index in [-0.39, 0.29) is 12.1 Å². The van der Waals surface area contributed by atoms with Crippen LogP contribution >= 0.6 is 11.6 Å². The molecule has 0 bridgehead atoms. The van der Waals surface area contributed by atoms with Crippen molar-refractivity contribution in [3.05, 3.63) is 89.4 Å². The number of hydrogen-bond acceptors (Lipinski definition) is 3. The Morgan fingerprint density at radius 1 is 0.968 bits per heavy atom. The van der Waals surface area contributed by atoms with E-state index in [1.807, 2.05) is 6.07 Å². The predicted octanol–water partition coefficient (Wildman–Crippen LogP) is 5.03. The minimum Gasteiger partial charge on any atom is -0.374 e. The van der Waals surface area contributed by atoms with E-state index >= 15 is 0 Å². The zero-order chi connectivity index (χ0) is 21.5. The second kappa shape index (κ2) is 10.4. The maximum atomic E-state index is 12.1. The van der Waals surface area contributed by atoms with Crippen molar-refractivity contribution >= 4 is 23.3 Å². The first-order chi connectivity index (χ1) is 15.2. The summed E-state index contributed by atoms with van der Waals surface area (Å²) in [5.74, 6) is 0. The van der Waals surface area contributed by atoms with Crippen LogP contribution in [0.3, 0.4) is 0 Å². The number of rotatable bonds is 6. The molecule has 4 rings (SSSR count). The fourth-order valence-corrected chi connectivity index (χ4v) is 3.78. The number of carbonyl (C=O) groups excluding carboxylic acids is 1. The van der Waals surface area contributed by atoms with E-state index < -0.39 is 0 Å². The van der Waals surface area contributed by atoms with Crippen LogP contribution in [-0.4, -0.2) is 43.3 Å². The fraction of sp³-hybridized carbons (Fsp3) is 0.240. The zero-order valence-corrected chi connectivity index (χ0v) is 18.0. The molecule has 0 aromatic heterocycles. The van der Waals surface area contributed by atoms with Gasteiger partial charge in [-0.05, 0) is 41.0 Å². The van der Waals surface area contributed by atoms with Crippen LogP contribution in [0.1, 0.15) is 5.56 Å². The van der Waals surface area contributed by atoms with E-state index in [0.717, 1.165) is 19.6 Å². The highest BCUT2D eigenvalue weighted by Gasteiger charge is 2.21. The van der Waals surface area contributed by atoms with E-state index in [4.69, 9.17) is 16.3 Å². The minimum absolute atomic E-state index is 0.0340. The maximum Gasteiger partial charge on any atom is 0.319 e. The number of nitrogens with zero attached hydrogens (tertiary/aromatic N) is 1. The molecule has 0 saturated carbocycles. The summed E-state index contributed by atoms with van der Waals surface area (Å²) in [5, 5.41) is 6.33. The molecule has 31 heavy (non-hydrogen) atoms. The topological polar surface area (TPSA) is 53.6 Å². The van der Waals surface area contributed by atoms with Gasteiger partial charge < -0.3 is 15.4 Å². The highest BCUT2D eigenvalue weighted by atomic mass is 35.5. The van der Waals surface area contributed by atoms with Crippen LogP contribution in [-0.2, 0) is 11.3 Å². The standard InChI is InChI=1S/C25H26ClN3O2/c26-22-10-12-23(13-11-22)28-25(30)27-16-24-18-29(14-15-31-24)17-19-6-8-21(9-7-19)20-4-2-1-3-5-20/h1-13,24H,14-18H2,(H2,27,28,30). The van der Waals surface area contributed by atoms with Gasteiger partial charge in [0.2, 0.25) is 0 Å². The molecule has 160 valence electrons. The Labute approximate surface area is 188 Å². The number of amides is 2. The van der Waals surface area contributed by atoms with Gasteiger partial charge in [0.1, 0.15) is 0 Å². The first-order valence-corrected chi connectivity index (χ1v) is 10.8. The lowest BCUT2D eigenvalue weighted by molar-refractivity contribution is -0.0285. The molecular weight excluding hydrogens is 410 g/mol. The van der Waals surface area contributed by atoms with Gasteiger partial charge in [-0.2, -0.15) is 0 Å². The Hall–Kier alpha value is -2.86. The summed E-state index contributed by atoms with van der Waals surface area (Å²) in [5.41, 5.74) is 4.42. The number of anilines is 1. The monoisotopic (exact) mass is 435 g/mol. The van der Waals surface area contributed by atoms with E-state index in [0.29, 0.717) is 23.9 Å². The molecule has 0 radical (unpaired) electrons. The summed E-state index contributed by atoms with van der Waals surface area (Å²) in [6.07, 6.45) is -0.0340. The lowest BCUT2D eigenvalue weighted by atomic mass is 10.0. The normalized spacial score (nSPS) is 16.6. The lowest BCUT2D eigenvalue weighted by Gasteiger charge is -2.33. The molecule has 2 amide bonds. The molecule has 1 fully saturated rings. The van der Waals surface area contributed by atoms with Gasteiger partial charge >= 0.3 is 6.03 Å². The van der Waals surface area contributed by atoms with Gasteiger partial charge in [0.05, 0.1) is 12.7 Å². The number of halogens is 1. The first kappa shape index (κ1) is 21.4. The number of nitrogens with one attached hydrogen (secondary N) is 2. The van der Waals surface area contributed by atoms with Crippen LogP contribution in [0.15, 0.2) is 78.9 Å². The zero-order valence-electron chi connectivity index (χ0n) is 17.3. The van der Waals surface area contributed by atoms with Crippen molar-refractivity contribution in [3.8, 4) is 11.1 Å². The number of urea groups is 1. The van der Waals surface area contributed by atoms with Crippen molar-refractivity contribution in [1.29, 1.82) is 0 Å². The summed E-state index contributed by atoms with van der Waals surface area (Å²) in [4.78, 5) is 14.5. The van der Waals surface area contributed by atoms with Crippen LogP contribution < -0.4 is 10.6 Å². The highest BCUT2D eigenvalue weighted by Crippen LogP contribution is 2.20. The Balaban J connectivity index is 1.24. The maximum absolute atomic E-state index is 12.1. The minimum atomic E-state index is -0.250. The second-order valence-corrected chi connectivity index (χ2v) is 8.07. The van der Waals surface area contributed by atoms with Gasteiger partial charge in [-0.1, -0.05) is 66.2 Å². The number of carbonyl (C=O) groups is 1. The quantitative estimate of drug-likeness (QED) is 0.571.